The van der Waals surface area contributed by atoms with Crippen LogP contribution in [0.3, 0.4) is 0 Å². The first-order valence-corrected chi connectivity index (χ1v) is 7.80. The molecular weight excluding hydrogens is 325 g/mol. The first-order valence-electron chi connectivity index (χ1n) is 7.80. The van der Waals surface area contributed by atoms with Gasteiger partial charge in [-0.25, -0.2) is 4.79 Å². The van der Waals surface area contributed by atoms with Crippen molar-refractivity contribution in [3.05, 3.63) is 23.5 Å². The van der Waals surface area contributed by atoms with Gasteiger partial charge in [-0.05, 0) is 46.0 Å². The lowest BCUT2D eigenvalue weighted by Crippen LogP contribution is -2.46. The van der Waals surface area contributed by atoms with Gasteiger partial charge in [0.25, 0.3) is 0 Å². The van der Waals surface area contributed by atoms with E-state index in [9.17, 15) is 18.0 Å². The second-order valence-electron chi connectivity index (χ2n) is 6.10. The van der Waals surface area contributed by atoms with Crippen molar-refractivity contribution in [1.29, 1.82) is 0 Å². The molecule has 134 valence electrons. The van der Waals surface area contributed by atoms with Gasteiger partial charge in [0.2, 0.25) is 0 Å². The molecule has 1 aromatic rings. The number of hydrogen-bond donors (Lipinski definition) is 1. The van der Waals surface area contributed by atoms with Gasteiger partial charge in [-0.2, -0.15) is 13.2 Å². The van der Waals surface area contributed by atoms with Crippen molar-refractivity contribution in [2.45, 2.75) is 51.5 Å². The summed E-state index contributed by atoms with van der Waals surface area (Å²) in [7, 11) is 0. The van der Waals surface area contributed by atoms with Gasteiger partial charge in [0.05, 0.1) is 6.10 Å². The first kappa shape index (κ1) is 18.5. The topological polar surface area (TPSA) is 60.5 Å². The fourth-order valence-electron chi connectivity index (χ4n) is 2.67. The van der Waals surface area contributed by atoms with Crippen molar-refractivity contribution in [1.82, 2.24) is 10.3 Å². The van der Waals surface area contributed by atoms with E-state index in [1.54, 1.807) is 32.9 Å². The molecule has 0 spiro atoms. The van der Waals surface area contributed by atoms with Crippen LogP contribution >= 0.6 is 0 Å². The van der Waals surface area contributed by atoms with E-state index in [4.69, 9.17) is 9.47 Å². The first-order chi connectivity index (χ1) is 11.1. The van der Waals surface area contributed by atoms with Crippen LogP contribution in [0.25, 0.3) is 0 Å². The highest BCUT2D eigenvalue weighted by molar-refractivity contribution is 5.76. The number of nitrogens with zero attached hydrogens (tertiary/aromatic N) is 1. The van der Waals surface area contributed by atoms with E-state index in [0.717, 1.165) is 0 Å². The summed E-state index contributed by atoms with van der Waals surface area (Å²) in [6.45, 7) is 6.17. The summed E-state index contributed by atoms with van der Waals surface area (Å²) >= 11 is 0. The third-order valence-electron chi connectivity index (χ3n) is 3.72. The maximum Gasteiger partial charge on any atom is 0.490 e. The Bertz CT molecular complexity index is 597. The van der Waals surface area contributed by atoms with E-state index in [2.05, 4.69) is 10.3 Å². The second-order valence-corrected chi connectivity index (χ2v) is 6.10. The molecule has 0 radical (unpaired) electrons. The number of aromatic nitrogens is 1. The molecule has 5 nitrogen and oxygen atoms in total. The van der Waals surface area contributed by atoms with Gasteiger partial charge in [-0.15, -0.1) is 0 Å². The minimum absolute atomic E-state index is 0.190. The Balaban J connectivity index is 2.48. The third kappa shape index (κ3) is 4.17. The number of ether oxygens (including phenoxy) is 2. The Hall–Kier alpha value is -1.83. The van der Waals surface area contributed by atoms with Crippen molar-refractivity contribution in [3.8, 4) is 5.75 Å². The van der Waals surface area contributed by atoms with Gasteiger partial charge in [-0.3, -0.25) is 4.98 Å². The predicted molar refractivity (Wildman–Crippen MR) is 80.7 cm³/mol. The minimum Gasteiger partial charge on any atom is -0.489 e. The number of hydrogen-bond acceptors (Lipinski definition) is 5. The molecule has 1 aliphatic heterocycles. The van der Waals surface area contributed by atoms with Crippen LogP contribution in [0.2, 0.25) is 0 Å². The maximum absolute atomic E-state index is 12.7. The number of aryl methyl sites for hydroxylation is 1. The van der Waals surface area contributed by atoms with Gasteiger partial charge in [-0.1, -0.05) is 0 Å². The largest absolute Gasteiger partial charge is 0.490 e. The molecule has 0 saturated carbocycles. The van der Waals surface area contributed by atoms with Crippen LogP contribution in [0, 0.1) is 6.92 Å². The van der Waals surface area contributed by atoms with Gasteiger partial charge in [0, 0.05) is 18.5 Å². The monoisotopic (exact) mass is 346 g/mol. The lowest BCUT2D eigenvalue weighted by atomic mass is 9.87. The van der Waals surface area contributed by atoms with Gasteiger partial charge in [0.15, 0.2) is 5.60 Å². The highest BCUT2D eigenvalue weighted by Gasteiger charge is 2.49. The summed E-state index contributed by atoms with van der Waals surface area (Å²) in [6.07, 6.45) is -4.86. The molecule has 8 heteroatoms. The van der Waals surface area contributed by atoms with Crippen molar-refractivity contribution >= 4 is 5.97 Å². The average molecular weight is 346 g/mol. The lowest BCUT2D eigenvalue weighted by molar-refractivity contribution is -0.218. The molecule has 0 bridgehead atoms. The summed E-state index contributed by atoms with van der Waals surface area (Å²) in [5, 5.41) is 3.05. The lowest BCUT2D eigenvalue weighted by Gasteiger charge is -2.37. The molecule has 1 N–H and O–H groups in total. The molecule has 0 amide bonds. The van der Waals surface area contributed by atoms with E-state index in [0.29, 0.717) is 24.5 Å². The molecule has 2 rings (SSSR count). The third-order valence-corrected chi connectivity index (χ3v) is 3.72. The fourth-order valence-corrected chi connectivity index (χ4v) is 2.67. The quantitative estimate of drug-likeness (QED) is 0.850. The number of esters is 1. The fraction of sp³-hybridized carbons (Fsp3) is 0.625. The van der Waals surface area contributed by atoms with Crippen LogP contribution in [0.5, 0.6) is 5.75 Å². The highest BCUT2D eigenvalue weighted by atomic mass is 19.4. The maximum atomic E-state index is 12.7. The standard InChI is InChI=1S/C16H21F3N2O3/c1-10(2)23-12-5-4-11(3)21-13(12)15(6-8-20-9-7-15)24-14(22)16(17,18)19/h4-5,10,20H,6-9H2,1-3H3. The molecule has 0 unspecified atom stereocenters. The van der Waals surface area contributed by atoms with Gasteiger partial charge < -0.3 is 14.8 Å². The molecule has 0 aliphatic carbocycles. The van der Waals surface area contributed by atoms with Crippen LogP contribution in [0.1, 0.15) is 38.1 Å². The molecule has 0 atom stereocenters. The number of carbonyl (C=O) groups excluding carboxylic acids is 1. The summed E-state index contributed by atoms with van der Waals surface area (Å²) in [5.41, 5.74) is -0.592. The number of piperidine rings is 1. The van der Waals surface area contributed by atoms with Crippen molar-refractivity contribution in [2.75, 3.05) is 13.1 Å². The summed E-state index contributed by atoms with van der Waals surface area (Å²) in [4.78, 5) is 15.9. The molecule has 1 aliphatic rings. The zero-order valence-electron chi connectivity index (χ0n) is 13.9. The highest BCUT2D eigenvalue weighted by Crippen LogP contribution is 2.40. The van der Waals surface area contributed by atoms with Crippen LogP contribution in [0.4, 0.5) is 13.2 Å². The Morgan fingerprint density at radius 2 is 1.92 bits per heavy atom. The SMILES string of the molecule is Cc1ccc(OC(C)C)c(C2(OC(=O)C(F)(F)F)CCNCC2)n1. The Morgan fingerprint density at radius 3 is 2.46 bits per heavy atom. The number of alkyl halides is 3. The van der Waals surface area contributed by atoms with E-state index in [1.165, 1.54) is 0 Å². The van der Waals surface area contributed by atoms with Gasteiger partial charge in [0.1, 0.15) is 11.4 Å². The van der Waals surface area contributed by atoms with E-state index >= 15 is 0 Å². The van der Waals surface area contributed by atoms with Crippen LogP contribution < -0.4 is 10.1 Å². The normalized spacial score (nSPS) is 17.6. The van der Waals surface area contributed by atoms with Crippen LogP contribution in [-0.2, 0) is 15.1 Å². The predicted octanol–water partition coefficient (Wildman–Crippen LogP) is 2.86. The zero-order chi connectivity index (χ0) is 18.0. The van der Waals surface area contributed by atoms with Crippen molar-refractivity contribution in [3.63, 3.8) is 0 Å². The minimum atomic E-state index is -5.05. The molecule has 1 saturated heterocycles. The number of rotatable bonds is 4. The molecule has 1 fully saturated rings. The number of nitrogens with one attached hydrogen (secondary N) is 1. The van der Waals surface area contributed by atoms with Crippen molar-refractivity contribution in [2.24, 2.45) is 0 Å². The Kier molecular flexibility index (Phi) is 5.37. The second kappa shape index (κ2) is 6.96. The zero-order valence-corrected chi connectivity index (χ0v) is 13.9. The Labute approximate surface area is 138 Å². The molecule has 2 heterocycles. The summed E-state index contributed by atoms with van der Waals surface area (Å²) in [5.74, 6) is -1.87. The molecular formula is C16H21F3N2O3. The van der Waals surface area contributed by atoms with Gasteiger partial charge >= 0.3 is 12.1 Å². The number of halogens is 3. The van der Waals surface area contributed by atoms with Crippen LogP contribution in [-0.4, -0.2) is 36.3 Å². The summed E-state index contributed by atoms with van der Waals surface area (Å²) in [6, 6.07) is 3.37. The smallest absolute Gasteiger partial charge is 0.489 e. The average Bonchev–Trinajstić information content (AvgIpc) is 2.48. The van der Waals surface area contributed by atoms with Crippen molar-refractivity contribution < 1.29 is 27.4 Å². The molecule has 0 aromatic carbocycles. The number of carbonyl (C=O) groups is 1. The van der Waals surface area contributed by atoms with Crippen LogP contribution in [0.15, 0.2) is 12.1 Å². The van der Waals surface area contributed by atoms with E-state index in [-0.39, 0.29) is 24.6 Å². The van der Waals surface area contributed by atoms with E-state index in [1.807, 2.05) is 0 Å². The van der Waals surface area contributed by atoms with E-state index < -0.39 is 17.7 Å². The number of pyridine rings is 1. The molecule has 1 aromatic heterocycles. The molecule has 24 heavy (non-hydrogen) atoms. The Morgan fingerprint density at radius 1 is 1.29 bits per heavy atom. The summed E-state index contributed by atoms with van der Waals surface area (Å²) < 4.78 is 48.9.